The van der Waals surface area contributed by atoms with Crippen molar-refractivity contribution in [3.63, 3.8) is 0 Å². The maximum absolute atomic E-state index is 11.4. The van der Waals surface area contributed by atoms with Crippen molar-refractivity contribution in [1.29, 1.82) is 0 Å². The van der Waals surface area contributed by atoms with Gasteiger partial charge in [-0.15, -0.1) is 0 Å². The third kappa shape index (κ3) is 4.26. The smallest absolute Gasteiger partial charge is 0.496 e. The van der Waals surface area contributed by atoms with Crippen molar-refractivity contribution in [1.82, 2.24) is 0 Å². The van der Waals surface area contributed by atoms with Crippen LogP contribution in [0.25, 0.3) is 6.08 Å². The first-order chi connectivity index (χ1) is 11.4. The molecule has 0 aliphatic heterocycles. The lowest BCUT2D eigenvalue weighted by Gasteiger charge is -2.20. The van der Waals surface area contributed by atoms with Gasteiger partial charge in [0.15, 0.2) is 11.5 Å². The number of allylic oxidation sites excluding steroid dienone is 1. The zero-order valence-electron chi connectivity index (χ0n) is 14.8. The number of hydrogen-bond donors (Lipinski definition) is 0. The summed E-state index contributed by atoms with van der Waals surface area (Å²) in [5, 5.41) is 0.301. The minimum Gasteiger partial charge on any atom is -0.496 e. The first-order valence-corrected chi connectivity index (χ1v) is 7.85. The van der Waals surface area contributed by atoms with E-state index in [1.54, 1.807) is 19.9 Å². The minimum absolute atomic E-state index is 0.229. The van der Waals surface area contributed by atoms with Gasteiger partial charge in [0.1, 0.15) is 11.5 Å². The lowest BCUT2D eigenvalue weighted by Crippen LogP contribution is -2.06. The molecule has 0 bridgehead atoms. The van der Waals surface area contributed by atoms with Gasteiger partial charge < -0.3 is 23.7 Å². The molecule has 0 aliphatic carbocycles. The van der Waals surface area contributed by atoms with Crippen LogP contribution in [-0.4, -0.2) is 34.1 Å². The van der Waals surface area contributed by atoms with Gasteiger partial charge in [0.25, 0.3) is 0 Å². The lowest BCUT2D eigenvalue weighted by atomic mass is 10.0. The molecular weight excluding hydrogens is 336 g/mol. The van der Waals surface area contributed by atoms with Crippen LogP contribution < -0.4 is 14.2 Å². The Kier molecular flexibility index (Phi) is 7.71. The maximum Gasteiger partial charge on any atom is 0.513 e. The summed E-state index contributed by atoms with van der Waals surface area (Å²) in [6, 6.07) is 0. The van der Waals surface area contributed by atoms with E-state index in [1.165, 1.54) is 21.3 Å². The predicted octanol–water partition coefficient (Wildman–Crippen LogP) is 4.46. The van der Waals surface area contributed by atoms with Crippen molar-refractivity contribution in [3.05, 3.63) is 21.9 Å². The van der Waals surface area contributed by atoms with Crippen LogP contribution in [0.3, 0.4) is 0 Å². The number of rotatable bonds is 7. The van der Waals surface area contributed by atoms with E-state index in [9.17, 15) is 4.79 Å². The highest BCUT2D eigenvalue weighted by Gasteiger charge is 2.24. The second-order valence-corrected chi connectivity index (χ2v) is 5.08. The number of carbonyl (C=O) groups excluding carboxylic acids is 1. The average Bonchev–Trinajstić information content (AvgIpc) is 2.55. The Morgan fingerprint density at radius 1 is 1.04 bits per heavy atom. The van der Waals surface area contributed by atoms with Crippen LogP contribution in [0, 0.1) is 0 Å². The second kappa shape index (κ2) is 9.27. The normalized spacial score (nSPS) is 11.0. The third-order valence-corrected chi connectivity index (χ3v) is 3.63. The number of halogens is 1. The summed E-state index contributed by atoms with van der Waals surface area (Å²) in [4.78, 5) is 11.4. The summed E-state index contributed by atoms with van der Waals surface area (Å²) < 4.78 is 26.1. The van der Waals surface area contributed by atoms with E-state index in [1.807, 2.05) is 6.92 Å². The molecule has 1 aromatic rings. The largest absolute Gasteiger partial charge is 0.513 e. The molecule has 0 heterocycles. The summed E-state index contributed by atoms with van der Waals surface area (Å²) in [5.74, 6) is 1.75. The summed E-state index contributed by atoms with van der Waals surface area (Å²) in [6.45, 7) is 5.51. The zero-order valence-corrected chi connectivity index (χ0v) is 15.6. The second-order valence-electron chi connectivity index (χ2n) is 4.70. The van der Waals surface area contributed by atoms with Crippen molar-refractivity contribution < 1.29 is 28.5 Å². The summed E-state index contributed by atoms with van der Waals surface area (Å²) in [5.41, 5.74) is 1.34. The molecule has 0 saturated carbocycles. The van der Waals surface area contributed by atoms with Crippen molar-refractivity contribution in [2.45, 2.75) is 27.2 Å². The van der Waals surface area contributed by atoms with Gasteiger partial charge in [-0.1, -0.05) is 18.5 Å². The number of benzene rings is 1. The first-order valence-electron chi connectivity index (χ1n) is 7.48. The number of methoxy groups -OCH3 is 3. The fourth-order valence-corrected chi connectivity index (χ4v) is 2.62. The highest BCUT2D eigenvalue weighted by molar-refractivity contribution is 6.34. The minimum atomic E-state index is -0.780. The highest BCUT2D eigenvalue weighted by Crippen LogP contribution is 2.47. The standard InChI is InChI=1S/C17H23ClO6/c1-7-11-14(20-4)12(9-10(3)24-17(19)23-8-2)13(18)16(22-6)15(11)21-5/h9H,7-8H2,1-6H3/b10-9+. The van der Waals surface area contributed by atoms with Gasteiger partial charge in [-0.05, 0) is 26.3 Å². The fraction of sp³-hybridized carbons (Fsp3) is 0.471. The zero-order chi connectivity index (χ0) is 18.3. The molecule has 0 aliphatic rings. The van der Waals surface area contributed by atoms with E-state index in [-0.39, 0.29) is 6.61 Å². The Hall–Kier alpha value is -2.08. The first kappa shape index (κ1) is 20.0. The molecule has 0 atom stereocenters. The van der Waals surface area contributed by atoms with Gasteiger partial charge in [0.2, 0.25) is 0 Å². The van der Waals surface area contributed by atoms with Crippen molar-refractivity contribution in [3.8, 4) is 17.2 Å². The molecule has 6 nitrogen and oxygen atoms in total. The highest BCUT2D eigenvalue weighted by atomic mass is 35.5. The molecule has 134 valence electrons. The summed E-state index contributed by atoms with van der Waals surface area (Å²) in [7, 11) is 4.58. The van der Waals surface area contributed by atoms with Crippen molar-refractivity contribution >= 4 is 23.8 Å². The number of ether oxygens (including phenoxy) is 5. The van der Waals surface area contributed by atoms with Crippen LogP contribution in [0.5, 0.6) is 17.2 Å². The molecule has 0 spiro atoms. The maximum atomic E-state index is 11.4. The van der Waals surface area contributed by atoms with E-state index >= 15 is 0 Å². The summed E-state index contributed by atoms with van der Waals surface area (Å²) >= 11 is 6.45. The number of carbonyl (C=O) groups is 1. The molecule has 0 unspecified atom stereocenters. The van der Waals surface area contributed by atoms with E-state index in [2.05, 4.69) is 0 Å². The monoisotopic (exact) mass is 358 g/mol. The molecular formula is C17H23ClO6. The molecule has 1 aromatic carbocycles. The Labute approximate surface area is 147 Å². The quantitative estimate of drug-likeness (QED) is 0.529. The van der Waals surface area contributed by atoms with Gasteiger partial charge in [-0.3, -0.25) is 0 Å². The van der Waals surface area contributed by atoms with E-state index in [4.69, 9.17) is 35.3 Å². The molecule has 0 amide bonds. The molecule has 0 aromatic heterocycles. The molecule has 7 heteroatoms. The topological polar surface area (TPSA) is 63.2 Å². The molecule has 0 radical (unpaired) electrons. The van der Waals surface area contributed by atoms with Crippen LogP contribution in [0.4, 0.5) is 4.79 Å². The molecule has 0 fully saturated rings. The van der Waals surface area contributed by atoms with Crippen LogP contribution >= 0.6 is 11.6 Å². The fourth-order valence-electron chi connectivity index (χ4n) is 2.32. The van der Waals surface area contributed by atoms with Gasteiger partial charge in [-0.25, -0.2) is 4.79 Å². The lowest BCUT2D eigenvalue weighted by molar-refractivity contribution is 0.0826. The van der Waals surface area contributed by atoms with Gasteiger partial charge in [-0.2, -0.15) is 0 Å². The molecule has 0 saturated heterocycles. The molecule has 1 rings (SSSR count). The van der Waals surface area contributed by atoms with E-state index in [0.29, 0.717) is 40.0 Å². The van der Waals surface area contributed by atoms with Crippen LogP contribution in [0.15, 0.2) is 5.76 Å². The number of hydrogen-bond acceptors (Lipinski definition) is 6. The third-order valence-electron chi connectivity index (χ3n) is 3.25. The Bertz CT molecular complexity index is 624. The Morgan fingerprint density at radius 2 is 1.62 bits per heavy atom. The van der Waals surface area contributed by atoms with Crippen molar-refractivity contribution in [2.24, 2.45) is 0 Å². The SMILES string of the molecule is CCOC(=O)O/C(C)=C/c1c(Cl)c(OC)c(OC)c(CC)c1OC. The Morgan fingerprint density at radius 3 is 2.08 bits per heavy atom. The summed E-state index contributed by atoms with van der Waals surface area (Å²) in [6.07, 6.45) is 1.45. The molecule has 0 N–H and O–H groups in total. The van der Waals surface area contributed by atoms with Gasteiger partial charge >= 0.3 is 6.16 Å². The average molecular weight is 359 g/mol. The van der Waals surface area contributed by atoms with Crippen LogP contribution in [-0.2, 0) is 15.9 Å². The predicted molar refractivity (Wildman–Crippen MR) is 92.2 cm³/mol. The van der Waals surface area contributed by atoms with Crippen LogP contribution in [0.2, 0.25) is 5.02 Å². The van der Waals surface area contributed by atoms with Crippen LogP contribution in [0.1, 0.15) is 31.9 Å². The van der Waals surface area contributed by atoms with Gasteiger partial charge in [0, 0.05) is 11.1 Å². The van der Waals surface area contributed by atoms with E-state index < -0.39 is 6.16 Å². The van der Waals surface area contributed by atoms with E-state index in [0.717, 1.165) is 5.56 Å². The Balaban J connectivity index is 3.48. The van der Waals surface area contributed by atoms with Crippen molar-refractivity contribution in [2.75, 3.05) is 27.9 Å². The van der Waals surface area contributed by atoms with Gasteiger partial charge in [0.05, 0.1) is 33.0 Å². The molecule has 24 heavy (non-hydrogen) atoms.